The van der Waals surface area contributed by atoms with Crippen molar-refractivity contribution in [3.63, 3.8) is 0 Å². The van der Waals surface area contributed by atoms with Gasteiger partial charge in [-0.1, -0.05) is 31.2 Å². The summed E-state index contributed by atoms with van der Waals surface area (Å²) in [5, 5.41) is 0. The lowest BCUT2D eigenvalue weighted by Crippen LogP contribution is -2.32. The Kier molecular flexibility index (Phi) is 6.74. The average molecular weight is 379 g/mol. The van der Waals surface area contributed by atoms with Crippen molar-refractivity contribution >= 4 is 15.7 Å². The van der Waals surface area contributed by atoms with Crippen molar-refractivity contribution in [2.75, 3.05) is 26.0 Å². The van der Waals surface area contributed by atoms with Gasteiger partial charge in [0.15, 0.2) is 21.4 Å². The summed E-state index contributed by atoms with van der Waals surface area (Å²) in [5.41, 5.74) is 0.134. The number of carbonyl (C=O) groups is 1. The van der Waals surface area contributed by atoms with Crippen molar-refractivity contribution in [2.45, 2.75) is 18.2 Å². The predicted octanol–water partition coefficient (Wildman–Crippen LogP) is 3.16. The summed E-state index contributed by atoms with van der Waals surface area (Å²) < 4.78 is 43.6. The normalized spacial score (nSPS) is 11.2. The van der Waals surface area contributed by atoms with Crippen LogP contribution in [0.4, 0.5) is 4.39 Å². The molecule has 0 spiro atoms. The molecule has 2 aromatic carbocycles. The number of sulfone groups is 1. The third kappa shape index (κ3) is 4.82. The van der Waals surface area contributed by atoms with Gasteiger partial charge in [-0.3, -0.25) is 4.79 Å². The third-order valence-electron chi connectivity index (χ3n) is 3.79. The molecule has 0 unspecified atom stereocenters. The van der Waals surface area contributed by atoms with Gasteiger partial charge in [-0.05, 0) is 30.7 Å². The quantitative estimate of drug-likeness (QED) is 0.707. The van der Waals surface area contributed by atoms with Gasteiger partial charge in [-0.15, -0.1) is 0 Å². The standard InChI is InChI=1S/C19H22FNO4S/c1-3-14-26(23,24)18-11-7-4-8-15(18)19(22)21(2)12-13-25-17-10-6-5-9-16(17)20/h4-11H,3,12-14H2,1-2H3. The molecule has 0 aliphatic heterocycles. The molecule has 0 aliphatic rings. The first-order valence-electron chi connectivity index (χ1n) is 8.31. The summed E-state index contributed by atoms with van der Waals surface area (Å²) in [6.07, 6.45) is 0.469. The second kappa shape index (κ2) is 8.80. The molecule has 0 bridgehead atoms. The number of hydrogen-bond donors (Lipinski definition) is 0. The Balaban J connectivity index is 2.08. The maximum Gasteiger partial charge on any atom is 0.255 e. The number of hydrogen-bond acceptors (Lipinski definition) is 4. The number of amides is 1. The molecule has 0 radical (unpaired) electrons. The Labute approximate surface area is 153 Å². The highest BCUT2D eigenvalue weighted by atomic mass is 32.2. The van der Waals surface area contributed by atoms with Gasteiger partial charge in [-0.25, -0.2) is 12.8 Å². The Hall–Kier alpha value is -2.41. The molecule has 2 aromatic rings. The molecule has 0 aliphatic carbocycles. The third-order valence-corrected chi connectivity index (χ3v) is 5.76. The van der Waals surface area contributed by atoms with Crippen molar-refractivity contribution in [3.8, 4) is 5.75 Å². The molecule has 0 aromatic heterocycles. The van der Waals surface area contributed by atoms with Crippen molar-refractivity contribution in [1.29, 1.82) is 0 Å². The highest BCUT2D eigenvalue weighted by Crippen LogP contribution is 2.19. The minimum atomic E-state index is -3.52. The maximum absolute atomic E-state index is 13.5. The number of likely N-dealkylation sites (N-methyl/N-ethyl adjacent to an activating group) is 1. The minimum absolute atomic E-state index is 0.0165. The van der Waals surface area contributed by atoms with Crippen LogP contribution in [0.2, 0.25) is 0 Å². The van der Waals surface area contributed by atoms with Crippen LogP contribution in [0.5, 0.6) is 5.75 Å². The molecule has 0 saturated heterocycles. The van der Waals surface area contributed by atoms with Gasteiger partial charge in [0, 0.05) is 7.05 Å². The van der Waals surface area contributed by atoms with Gasteiger partial charge in [0.1, 0.15) is 6.61 Å². The molecule has 0 heterocycles. The van der Waals surface area contributed by atoms with E-state index in [4.69, 9.17) is 4.74 Å². The molecule has 26 heavy (non-hydrogen) atoms. The molecule has 0 fully saturated rings. The van der Waals surface area contributed by atoms with Gasteiger partial charge >= 0.3 is 0 Å². The van der Waals surface area contributed by atoms with Crippen LogP contribution in [0.3, 0.4) is 0 Å². The fourth-order valence-electron chi connectivity index (χ4n) is 2.45. The van der Waals surface area contributed by atoms with Gasteiger partial charge in [0.2, 0.25) is 0 Å². The summed E-state index contributed by atoms with van der Waals surface area (Å²) >= 11 is 0. The molecule has 2 rings (SSSR count). The topological polar surface area (TPSA) is 63.7 Å². The summed E-state index contributed by atoms with van der Waals surface area (Å²) in [6.45, 7) is 2.05. The zero-order valence-corrected chi connectivity index (χ0v) is 15.6. The Bertz CT molecular complexity index is 867. The zero-order valence-electron chi connectivity index (χ0n) is 14.8. The number of ether oxygens (including phenoxy) is 1. The van der Waals surface area contributed by atoms with Crippen molar-refractivity contribution in [1.82, 2.24) is 4.90 Å². The number of benzene rings is 2. The molecule has 0 saturated carbocycles. The van der Waals surface area contributed by atoms with Gasteiger partial charge < -0.3 is 9.64 Å². The van der Waals surface area contributed by atoms with Gasteiger partial charge in [0.25, 0.3) is 5.91 Å². The summed E-state index contributed by atoms with van der Waals surface area (Å²) in [6, 6.07) is 12.2. The summed E-state index contributed by atoms with van der Waals surface area (Å²) in [5.74, 6) is -0.800. The number of carbonyl (C=O) groups excluding carboxylic acids is 1. The highest BCUT2D eigenvalue weighted by Gasteiger charge is 2.23. The van der Waals surface area contributed by atoms with Crippen molar-refractivity contribution in [2.24, 2.45) is 0 Å². The molecule has 0 N–H and O–H groups in total. The molecule has 5 nitrogen and oxygen atoms in total. The number of para-hydroxylation sites is 1. The summed E-state index contributed by atoms with van der Waals surface area (Å²) in [7, 11) is -1.97. The van der Waals surface area contributed by atoms with E-state index in [0.29, 0.717) is 6.42 Å². The van der Waals surface area contributed by atoms with Crippen LogP contribution < -0.4 is 4.74 Å². The van der Waals surface area contributed by atoms with E-state index in [1.807, 2.05) is 0 Å². The van der Waals surface area contributed by atoms with Crippen molar-refractivity contribution in [3.05, 3.63) is 59.9 Å². The second-order valence-corrected chi connectivity index (χ2v) is 7.90. The predicted molar refractivity (Wildman–Crippen MR) is 97.6 cm³/mol. The highest BCUT2D eigenvalue weighted by molar-refractivity contribution is 7.91. The van der Waals surface area contributed by atoms with E-state index in [1.54, 1.807) is 38.2 Å². The van der Waals surface area contributed by atoms with E-state index in [1.165, 1.54) is 29.2 Å². The molecular formula is C19H22FNO4S. The van der Waals surface area contributed by atoms with E-state index in [2.05, 4.69) is 0 Å². The van der Waals surface area contributed by atoms with E-state index >= 15 is 0 Å². The van der Waals surface area contributed by atoms with Crippen LogP contribution in [0.1, 0.15) is 23.7 Å². The Morgan fingerprint density at radius 3 is 2.46 bits per heavy atom. The SMILES string of the molecule is CCCS(=O)(=O)c1ccccc1C(=O)N(C)CCOc1ccccc1F. The zero-order chi connectivity index (χ0) is 19.2. The lowest BCUT2D eigenvalue weighted by molar-refractivity contribution is 0.0769. The number of halogens is 1. The van der Waals surface area contributed by atoms with Gasteiger partial charge in [-0.2, -0.15) is 0 Å². The molecule has 7 heteroatoms. The largest absolute Gasteiger partial charge is 0.489 e. The van der Waals surface area contributed by atoms with Crippen LogP contribution in [-0.4, -0.2) is 45.2 Å². The van der Waals surface area contributed by atoms with E-state index in [-0.39, 0.29) is 35.1 Å². The molecule has 140 valence electrons. The second-order valence-electron chi connectivity index (χ2n) is 5.82. The average Bonchev–Trinajstić information content (AvgIpc) is 2.62. The van der Waals surface area contributed by atoms with Crippen LogP contribution >= 0.6 is 0 Å². The monoisotopic (exact) mass is 379 g/mol. The van der Waals surface area contributed by atoms with E-state index < -0.39 is 21.6 Å². The first kappa shape index (κ1) is 19.9. The fourth-order valence-corrected chi connectivity index (χ4v) is 3.99. The number of rotatable bonds is 8. The van der Waals surface area contributed by atoms with Crippen LogP contribution in [0.15, 0.2) is 53.4 Å². The van der Waals surface area contributed by atoms with Crippen LogP contribution in [0.25, 0.3) is 0 Å². The van der Waals surface area contributed by atoms with Crippen molar-refractivity contribution < 1.29 is 22.3 Å². The molecular weight excluding hydrogens is 357 g/mol. The van der Waals surface area contributed by atoms with E-state index in [0.717, 1.165) is 0 Å². The number of nitrogens with zero attached hydrogens (tertiary/aromatic N) is 1. The lowest BCUT2D eigenvalue weighted by atomic mass is 10.2. The fraction of sp³-hybridized carbons (Fsp3) is 0.316. The molecule has 0 atom stereocenters. The minimum Gasteiger partial charge on any atom is -0.489 e. The maximum atomic E-state index is 13.5. The van der Waals surface area contributed by atoms with Gasteiger partial charge in [0.05, 0.1) is 22.8 Å². The van der Waals surface area contributed by atoms with Crippen LogP contribution in [0, 0.1) is 5.82 Å². The summed E-state index contributed by atoms with van der Waals surface area (Å²) in [4.78, 5) is 14.1. The van der Waals surface area contributed by atoms with E-state index in [9.17, 15) is 17.6 Å². The smallest absolute Gasteiger partial charge is 0.255 e. The molecule has 1 amide bonds. The van der Waals surface area contributed by atoms with Crippen LogP contribution in [-0.2, 0) is 9.84 Å². The Morgan fingerprint density at radius 2 is 1.77 bits per heavy atom. The first-order valence-corrected chi connectivity index (χ1v) is 9.96. The Morgan fingerprint density at radius 1 is 1.12 bits per heavy atom. The first-order chi connectivity index (χ1) is 12.4. The lowest BCUT2D eigenvalue weighted by Gasteiger charge is -2.19.